The zero-order valence-corrected chi connectivity index (χ0v) is 50.7. The quantitative estimate of drug-likeness (QED) is 0.156. The van der Waals surface area contributed by atoms with E-state index in [1.807, 2.05) is 0 Å². The SMILES string of the molecule is Cc1cc(C)c(-c2cc3c4c(c2)[Si]2(c5ccccc5-c5ccccc52)c2cc(-c5c(C)cc(C)cc5C)cc5c2N4c2c4cc(cc2[Si]52c5ccccc5-c5ccccc52)-c2c(C)cc(C)cc2-c2ccc5c(c2)-c2ccccc2C534)c(C)c1. The topological polar surface area (TPSA) is 3.24 Å². The molecule has 20 rings (SSSR count). The highest BCUT2D eigenvalue weighted by Gasteiger charge is 2.65. The molecule has 3 heteroatoms. The first-order chi connectivity index (χ1) is 40.9. The van der Waals surface area contributed by atoms with Crippen molar-refractivity contribution in [1.29, 1.82) is 0 Å². The molecule has 0 saturated carbocycles. The highest BCUT2D eigenvalue weighted by atomic mass is 28.3. The van der Waals surface area contributed by atoms with Crippen molar-refractivity contribution in [2.24, 2.45) is 0 Å². The molecule has 1 nitrogen and oxygen atoms in total. The summed E-state index contributed by atoms with van der Waals surface area (Å²) in [6, 6.07) is 87.1. The summed E-state index contributed by atoms with van der Waals surface area (Å²) >= 11 is 0. The van der Waals surface area contributed by atoms with Gasteiger partial charge in [-0.3, -0.25) is 0 Å². The molecular weight excluding hydrogens is 1040 g/mol. The Morgan fingerprint density at radius 2 is 0.607 bits per heavy atom. The van der Waals surface area contributed by atoms with Crippen molar-refractivity contribution in [2.45, 2.75) is 60.8 Å². The van der Waals surface area contributed by atoms with E-state index in [1.165, 1.54) is 203 Å². The third-order valence-corrected chi connectivity index (χ3v) is 31.1. The Hall–Kier alpha value is -9.13. The zero-order valence-electron chi connectivity index (χ0n) is 48.7. The normalized spacial score (nSPS) is 16.5. The van der Waals surface area contributed by atoms with Crippen molar-refractivity contribution in [1.82, 2.24) is 0 Å². The molecule has 8 aliphatic rings. The fraction of sp³-hybridized carbons (Fsp3) is 0.111. The van der Waals surface area contributed by atoms with Gasteiger partial charge in [-0.25, -0.2) is 0 Å². The summed E-state index contributed by atoms with van der Waals surface area (Å²) in [6.45, 7) is 18.6. The molecule has 1 unspecified atom stereocenters. The van der Waals surface area contributed by atoms with Crippen LogP contribution in [0.15, 0.2) is 212 Å². The molecule has 0 fully saturated rings. The Bertz CT molecular complexity index is 4970. The molecule has 6 bridgehead atoms. The van der Waals surface area contributed by atoms with Crippen LogP contribution in [0.1, 0.15) is 66.8 Å². The summed E-state index contributed by atoms with van der Waals surface area (Å²) in [5, 5.41) is 12.0. The first-order valence-electron chi connectivity index (χ1n) is 30.2. The summed E-state index contributed by atoms with van der Waals surface area (Å²) in [7, 11) is -6.77. The summed E-state index contributed by atoms with van der Waals surface area (Å²) in [5.41, 5.74) is 38.4. The van der Waals surface area contributed by atoms with Crippen molar-refractivity contribution in [3.63, 3.8) is 0 Å². The van der Waals surface area contributed by atoms with Crippen LogP contribution in [0.5, 0.6) is 0 Å². The summed E-state index contributed by atoms with van der Waals surface area (Å²) in [5.74, 6) is 0. The van der Waals surface area contributed by atoms with Gasteiger partial charge in [0.15, 0.2) is 16.1 Å². The van der Waals surface area contributed by atoms with E-state index in [4.69, 9.17) is 0 Å². The molecule has 12 aromatic rings. The minimum Gasteiger partial charge on any atom is -0.310 e. The molecule has 5 heterocycles. The van der Waals surface area contributed by atoms with Gasteiger partial charge in [0.25, 0.3) is 0 Å². The van der Waals surface area contributed by atoms with E-state index >= 15 is 0 Å². The number of anilines is 3. The van der Waals surface area contributed by atoms with Gasteiger partial charge in [-0.05, 0) is 243 Å². The van der Waals surface area contributed by atoms with Crippen molar-refractivity contribution in [3.05, 3.63) is 279 Å². The van der Waals surface area contributed by atoms with Gasteiger partial charge in [0.2, 0.25) is 0 Å². The second-order valence-electron chi connectivity index (χ2n) is 25.9. The Balaban J connectivity index is 1.13. The third-order valence-electron chi connectivity index (χ3n) is 21.4. The van der Waals surface area contributed by atoms with Crippen LogP contribution in [0.3, 0.4) is 0 Å². The molecule has 3 aliphatic carbocycles. The number of aryl methyl sites for hydroxylation is 8. The average molecular weight is 1100 g/mol. The Morgan fingerprint density at radius 1 is 0.250 bits per heavy atom. The van der Waals surface area contributed by atoms with Crippen LogP contribution < -0.4 is 46.4 Å². The second-order valence-corrected chi connectivity index (χ2v) is 33.2. The molecule has 1 atom stereocenters. The monoisotopic (exact) mass is 1100 g/mol. The van der Waals surface area contributed by atoms with Crippen LogP contribution in [-0.4, -0.2) is 16.1 Å². The smallest absolute Gasteiger partial charge is 0.185 e. The standard InChI is InChI=1S/C81H59NSi2/c1-44-31-47(4)75(48(5)32-44)53-38-65-78-71(40-53)83(67-25-15-10-20-57(67)58-21-11-16-26-68(58)83)73-42-55(76-49(6)33-45(2)34-50(76)7)43-74-80(73)82(78)79-66-39-54(41-72(79)84(74)69-27-17-12-22-59(69)60-23-13-18-28-70(60)84)77-51(8)35-46(3)36-61(77)52-29-30-64-62(37-52)56-19-9-14-24-63(56)81(64,65)66/h9-43H,1-8H3. The van der Waals surface area contributed by atoms with E-state index in [-0.39, 0.29) is 0 Å². The highest BCUT2D eigenvalue weighted by Crippen LogP contribution is 2.66. The van der Waals surface area contributed by atoms with Gasteiger partial charge in [0.1, 0.15) is 0 Å². The summed E-state index contributed by atoms with van der Waals surface area (Å²) in [6.07, 6.45) is 0. The van der Waals surface area contributed by atoms with Crippen LogP contribution in [-0.2, 0) is 5.41 Å². The molecular formula is C81H59NSi2. The molecule has 0 N–H and O–H groups in total. The van der Waals surface area contributed by atoms with Crippen molar-refractivity contribution >= 4 is 74.7 Å². The van der Waals surface area contributed by atoms with Gasteiger partial charge < -0.3 is 4.90 Å². The van der Waals surface area contributed by atoms with Crippen LogP contribution in [0, 0.1) is 55.4 Å². The molecule has 84 heavy (non-hydrogen) atoms. The van der Waals surface area contributed by atoms with E-state index in [2.05, 4.69) is 273 Å². The maximum Gasteiger partial charge on any atom is 0.185 e. The zero-order chi connectivity index (χ0) is 56.2. The lowest BCUT2D eigenvalue weighted by Crippen LogP contribution is -2.81. The Morgan fingerprint density at radius 3 is 1.07 bits per heavy atom. The fourth-order valence-corrected chi connectivity index (χ4v) is 30.4. The lowest BCUT2D eigenvalue weighted by molar-refractivity contribution is 0.755. The Kier molecular flexibility index (Phi) is 8.88. The number of nitrogens with zero attached hydrogens (tertiary/aromatic N) is 1. The number of rotatable bonds is 2. The first-order valence-corrected chi connectivity index (χ1v) is 34.2. The van der Waals surface area contributed by atoms with Crippen LogP contribution in [0.4, 0.5) is 17.1 Å². The fourth-order valence-electron chi connectivity index (χ4n) is 19.1. The van der Waals surface area contributed by atoms with Gasteiger partial charge in [0.05, 0.1) is 16.8 Å². The number of hydrogen-bond donors (Lipinski definition) is 0. The number of hydrogen-bond acceptors (Lipinski definition) is 1. The summed E-state index contributed by atoms with van der Waals surface area (Å²) < 4.78 is 0. The number of fused-ring (bicyclic) bond motifs is 16. The van der Waals surface area contributed by atoms with E-state index in [0.717, 1.165) is 0 Å². The first kappa shape index (κ1) is 47.4. The third kappa shape index (κ3) is 5.29. The molecule has 0 aromatic heterocycles. The van der Waals surface area contributed by atoms with Crippen molar-refractivity contribution < 1.29 is 0 Å². The van der Waals surface area contributed by atoms with Crippen molar-refractivity contribution in [2.75, 3.05) is 4.90 Å². The van der Waals surface area contributed by atoms with E-state index in [0.29, 0.717) is 0 Å². The molecule has 0 saturated heterocycles. The molecule has 12 aromatic carbocycles. The van der Waals surface area contributed by atoms with E-state index in [9.17, 15) is 0 Å². The van der Waals surface area contributed by atoms with Crippen molar-refractivity contribution in [3.8, 4) is 77.9 Å². The molecule has 0 amide bonds. The highest BCUT2D eigenvalue weighted by molar-refractivity contribution is 7.27. The lowest BCUT2D eigenvalue weighted by atomic mass is 9.63. The molecule has 0 radical (unpaired) electrons. The van der Waals surface area contributed by atoms with Gasteiger partial charge in [-0.15, -0.1) is 0 Å². The second kappa shape index (κ2) is 15.7. The molecule has 3 spiro atoms. The predicted molar refractivity (Wildman–Crippen MR) is 358 cm³/mol. The van der Waals surface area contributed by atoms with E-state index in [1.54, 1.807) is 0 Å². The lowest BCUT2D eigenvalue weighted by Gasteiger charge is -2.57. The van der Waals surface area contributed by atoms with E-state index < -0.39 is 21.6 Å². The largest absolute Gasteiger partial charge is 0.310 e. The molecule has 5 aliphatic heterocycles. The van der Waals surface area contributed by atoms with Crippen LogP contribution >= 0.6 is 0 Å². The predicted octanol–water partition coefficient (Wildman–Crippen LogP) is 14.6. The number of benzene rings is 12. The van der Waals surface area contributed by atoms with Gasteiger partial charge in [0, 0.05) is 5.69 Å². The van der Waals surface area contributed by atoms with Gasteiger partial charge in [-0.1, -0.05) is 211 Å². The molecule has 396 valence electrons. The van der Waals surface area contributed by atoms with Crippen LogP contribution in [0.2, 0.25) is 0 Å². The van der Waals surface area contributed by atoms with Crippen LogP contribution in [0.25, 0.3) is 77.9 Å². The minimum atomic E-state index is -3.39. The minimum absolute atomic E-state index is 0.699. The average Bonchev–Trinajstić information content (AvgIpc) is 1.21. The van der Waals surface area contributed by atoms with Gasteiger partial charge in [-0.2, -0.15) is 0 Å². The Labute approximate surface area is 494 Å². The maximum absolute atomic E-state index is 3.39. The maximum atomic E-state index is 2.94. The van der Waals surface area contributed by atoms with Gasteiger partial charge >= 0.3 is 0 Å². The summed E-state index contributed by atoms with van der Waals surface area (Å²) in [4.78, 5) is 2.94.